The van der Waals surface area contributed by atoms with Crippen LogP contribution < -0.4 is 20.3 Å². The maximum atomic E-state index is 13.2. The van der Waals surface area contributed by atoms with Crippen molar-refractivity contribution >= 4 is 40.8 Å². The summed E-state index contributed by atoms with van der Waals surface area (Å²) in [4.78, 5) is 43.5. The molecule has 1 unspecified atom stereocenters. The first-order chi connectivity index (χ1) is 15.8. The fourth-order valence-corrected chi connectivity index (χ4v) is 3.91. The maximum absolute atomic E-state index is 13.2. The van der Waals surface area contributed by atoms with Crippen LogP contribution in [-0.2, 0) is 11.2 Å². The number of methoxy groups -OCH3 is 1. The second kappa shape index (κ2) is 8.91. The molecule has 1 aromatic heterocycles. The van der Waals surface area contributed by atoms with Crippen molar-refractivity contribution in [2.45, 2.75) is 18.9 Å². The Bertz CT molecular complexity index is 1230. The molecule has 1 fully saturated rings. The van der Waals surface area contributed by atoms with Gasteiger partial charge in [-0.25, -0.2) is 14.7 Å². The molecular weight excluding hydrogens is 444 g/mol. The van der Waals surface area contributed by atoms with Gasteiger partial charge in [-0.05, 0) is 36.8 Å². The smallest absolute Gasteiger partial charge is 0.329 e. The molecule has 168 valence electrons. The maximum Gasteiger partial charge on any atom is 0.329 e. The third-order valence-corrected chi connectivity index (χ3v) is 5.58. The SMILES string of the molecule is COc1cccc(C(=O)Nc2ccc(N3C(=O)NC(C)(Cc4ccccc4)C3=O)c(Cl)c2)n1. The second-order valence-corrected chi connectivity index (χ2v) is 8.16. The van der Waals surface area contributed by atoms with Crippen molar-refractivity contribution in [2.24, 2.45) is 0 Å². The van der Waals surface area contributed by atoms with Gasteiger partial charge in [0.1, 0.15) is 11.2 Å². The van der Waals surface area contributed by atoms with Crippen LogP contribution in [0, 0.1) is 0 Å². The average molecular weight is 465 g/mol. The summed E-state index contributed by atoms with van der Waals surface area (Å²) in [5.41, 5.74) is 0.601. The zero-order chi connectivity index (χ0) is 23.6. The highest BCUT2D eigenvalue weighted by Gasteiger charge is 2.48. The van der Waals surface area contributed by atoms with E-state index in [-0.39, 0.29) is 16.4 Å². The molecular formula is C24H21ClN4O4. The molecule has 1 aliphatic rings. The van der Waals surface area contributed by atoms with Gasteiger partial charge < -0.3 is 15.4 Å². The molecule has 0 aliphatic carbocycles. The van der Waals surface area contributed by atoms with Crippen LogP contribution in [0.25, 0.3) is 0 Å². The molecule has 0 radical (unpaired) electrons. The minimum Gasteiger partial charge on any atom is -0.481 e. The second-order valence-electron chi connectivity index (χ2n) is 7.75. The Morgan fingerprint density at radius 3 is 2.58 bits per heavy atom. The van der Waals surface area contributed by atoms with E-state index in [4.69, 9.17) is 16.3 Å². The van der Waals surface area contributed by atoms with Crippen LogP contribution in [0.3, 0.4) is 0 Å². The van der Waals surface area contributed by atoms with Gasteiger partial charge in [0.05, 0.1) is 17.8 Å². The minimum absolute atomic E-state index is 0.138. The Hall–Kier alpha value is -3.91. The average Bonchev–Trinajstić information content (AvgIpc) is 3.02. The van der Waals surface area contributed by atoms with Gasteiger partial charge in [0.15, 0.2) is 0 Å². The van der Waals surface area contributed by atoms with E-state index in [1.807, 2.05) is 30.3 Å². The molecule has 4 amide bonds. The third kappa shape index (κ3) is 4.51. The molecule has 4 rings (SSSR count). The van der Waals surface area contributed by atoms with Crippen LogP contribution in [0.4, 0.5) is 16.2 Å². The summed E-state index contributed by atoms with van der Waals surface area (Å²) in [6.07, 6.45) is 0.341. The van der Waals surface area contributed by atoms with E-state index in [1.165, 1.54) is 19.2 Å². The fourth-order valence-electron chi connectivity index (χ4n) is 3.64. The van der Waals surface area contributed by atoms with E-state index >= 15 is 0 Å². The normalized spacial score (nSPS) is 17.6. The number of urea groups is 1. The molecule has 3 aromatic rings. The molecule has 2 aromatic carbocycles. The highest BCUT2D eigenvalue weighted by molar-refractivity contribution is 6.36. The number of nitrogens with zero attached hydrogens (tertiary/aromatic N) is 2. The molecule has 1 atom stereocenters. The number of imide groups is 1. The van der Waals surface area contributed by atoms with E-state index < -0.39 is 23.4 Å². The molecule has 33 heavy (non-hydrogen) atoms. The quantitative estimate of drug-likeness (QED) is 0.536. The number of anilines is 2. The number of aromatic nitrogens is 1. The number of carbonyl (C=O) groups excluding carboxylic acids is 3. The Balaban J connectivity index is 1.53. The van der Waals surface area contributed by atoms with Gasteiger partial charge >= 0.3 is 6.03 Å². The highest BCUT2D eigenvalue weighted by Crippen LogP contribution is 2.34. The predicted molar refractivity (Wildman–Crippen MR) is 125 cm³/mol. The lowest BCUT2D eigenvalue weighted by molar-refractivity contribution is -0.121. The van der Waals surface area contributed by atoms with Crippen molar-refractivity contribution in [1.29, 1.82) is 0 Å². The molecule has 1 saturated heterocycles. The minimum atomic E-state index is -1.10. The van der Waals surface area contributed by atoms with Gasteiger partial charge in [0.25, 0.3) is 11.8 Å². The Labute approximate surface area is 195 Å². The zero-order valence-electron chi connectivity index (χ0n) is 18.0. The lowest BCUT2D eigenvalue weighted by Gasteiger charge is -2.22. The number of amides is 4. The molecule has 2 heterocycles. The summed E-state index contributed by atoms with van der Waals surface area (Å²) >= 11 is 6.41. The third-order valence-electron chi connectivity index (χ3n) is 5.27. The molecule has 0 bridgehead atoms. The summed E-state index contributed by atoms with van der Waals surface area (Å²) in [5.74, 6) is -0.549. The monoisotopic (exact) mass is 464 g/mol. The number of benzene rings is 2. The van der Waals surface area contributed by atoms with Crippen LogP contribution in [-0.4, -0.2) is 35.5 Å². The first-order valence-electron chi connectivity index (χ1n) is 10.1. The van der Waals surface area contributed by atoms with Gasteiger partial charge in [-0.2, -0.15) is 0 Å². The van der Waals surface area contributed by atoms with Gasteiger partial charge in [-0.3, -0.25) is 9.59 Å². The van der Waals surface area contributed by atoms with Crippen LogP contribution in [0.1, 0.15) is 23.0 Å². The van der Waals surface area contributed by atoms with E-state index in [0.717, 1.165) is 10.5 Å². The topological polar surface area (TPSA) is 101 Å². The molecule has 8 nitrogen and oxygen atoms in total. The van der Waals surface area contributed by atoms with Crippen molar-refractivity contribution < 1.29 is 19.1 Å². The zero-order valence-corrected chi connectivity index (χ0v) is 18.7. The van der Waals surface area contributed by atoms with Crippen molar-refractivity contribution in [3.05, 3.63) is 83.0 Å². The van der Waals surface area contributed by atoms with Crippen LogP contribution in [0.15, 0.2) is 66.7 Å². The van der Waals surface area contributed by atoms with E-state index in [9.17, 15) is 14.4 Å². The summed E-state index contributed by atoms with van der Waals surface area (Å²) in [6.45, 7) is 1.68. The van der Waals surface area contributed by atoms with E-state index in [2.05, 4.69) is 15.6 Å². The number of hydrogen-bond donors (Lipinski definition) is 2. The Morgan fingerprint density at radius 2 is 1.88 bits per heavy atom. The Morgan fingerprint density at radius 1 is 1.12 bits per heavy atom. The molecule has 9 heteroatoms. The molecule has 0 saturated carbocycles. The van der Waals surface area contributed by atoms with Crippen molar-refractivity contribution in [2.75, 3.05) is 17.3 Å². The van der Waals surface area contributed by atoms with Gasteiger partial charge in [-0.1, -0.05) is 48.0 Å². The fraction of sp³-hybridized carbons (Fsp3) is 0.167. The largest absolute Gasteiger partial charge is 0.481 e. The lowest BCUT2D eigenvalue weighted by Crippen LogP contribution is -2.46. The van der Waals surface area contributed by atoms with Crippen LogP contribution in [0.2, 0.25) is 5.02 Å². The number of nitrogens with one attached hydrogen (secondary N) is 2. The predicted octanol–water partition coefficient (Wildman–Crippen LogP) is 4.05. The number of carbonyl (C=O) groups is 3. The van der Waals surface area contributed by atoms with Gasteiger partial charge in [-0.15, -0.1) is 0 Å². The highest BCUT2D eigenvalue weighted by atomic mass is 35.5. The number of pyridine rings is 1. The summed E-state index contributed by atoms with van der Waals surface area (Å²) < 4.78 is 5.03. The first-order valence-corrected chi connectivity index (χ1v) is 10.5. The van der Waals surface area contributed by atoms with Crippen molar-refractivity contribution in [1.82, 2.24) is 10.3 Å². The van der Waals surface area contributed by atoms with E-state index in [0.29, 0.717) is 18.0 Å². The van der Waals surface area contributed by atoms with Gasteiger partial charge in [0, 0.05) is 18.2 Å². The van der Waals surface area contributed by atoms with Crippen LogP contribution >= 0.6 is 11.6 Å². The number of rotatable bonds is 6. The van der Waals surface area contributed by atoms with Crippen LogP contribution in [0.5, 0.6) is 5.88 Å². The first kappa shape index (κ1) is 22.3. The molecule has 2 N–H and O–H groups in total. The number of ether oxygens (including phenoxy) is 1. The summed E-state index contributed by atoms with van der Waals surface area (Å²) in [7, 11) is 1.46. The van der Waals surface area contributed by atoms with E-state index in [1.54, 1.807) is 31.2 Å². The van der Waals surface area contributed by atoms with Crippen molar-refractivity contribution in [3.63, 3.8) is 0 Å². The summed E-state index contributed by atoms with van der Waals surface area (Å²) in [5, 5.41) is 5.60. The molecule has 0 spiro atoms. The number of halogens is 1. The molecule has 1 aliphatic heterocycles. The summed E-state index contributed by atoms with van der Waals surface area (Å²) in [6, 6.07) is 18.3. The number of hydrogen-bond acceptors (Lipinski definition) is 5. The Kier molecular flexibility index (Phi) is 6.02. The van der Waals surface area contributed by atoms with Crippen molar-refractivity contribution in [3.8, 4) is 5.88 Å². The lowest BCUT2D eigenvalue weighted by atomic mass is 9.93. The standard InChI is InChI=1S/C24H21ClN4O4/c1-24(14-15-7-4-3-5-8-15)22(31)29(23(32)28-24)19-12-11-16(13-17(19)25)26-21(30)18-9-6-10-20(27-18)33-2/h3-13H,14H2,1-2H3,(H,26,30)(H,28,32). The van der Waals surface area contributed by atoms with Gasteiger partial charge in [0.2, 0.25) is 5.88 Å².